The smallest absolute Gasteiger partial charge is 0.338 e. The molecule has 5 heteroatoms. The van der Waals surface area contributed by atoms with E-state index in [4.69, 9.17) is 4.74 Å². The van der Waals surface area contributed by atoms with Crippen molar-refractivity contribution in [1.82, 2.24) is 0 Å². The Hall–Kier alpha value is -1.78. The Morgan fingerprint density at radius 3 is 2.73 bits per heavy atom. The molecule has 0 aromatic heterocycles. The summed E-state index contributed by atoms with van der Waals surface area (Å²) in [4.78, 5) is 11.3. The first kappa shape index (κ1) is 11.3. The third-order valence-corrected chi connectivity index (χ3v) is 1.76. The summed E-state index contributed by atoms with van der Waals surface area (Å²) in [5.41, 5.74) is 0.00370. The van der Waals surface area contributed by atoms with E-state index in [-0.39, 0.29) is 17.9 Å². The van der Waals surface area contributed by atoms with Gasteiger partial charge in [-0.15, -0.1) is 0 Å². The third kappa shape index (κ3) is 2.37. The highest BCUT2D eigenvalue weighted by Gasteiger charge is 2.15. The van der Waals surface area contributed by atoms with Gasteiger partial charge in [0.05, 0.1) is 19.3 Å². The van der Waals surface area contributed by atoms with Crippen molar-refractivity contribution >= 4 is 5.97 Å². The minimum atomic E-state index is -0.919. The summed E-state index contributed by atoms with van der Waals surface area (Å²) < 4.78 is 22.5. The quantitative estimate of drug-likeness (QED) is 0.778. The predicted molar refractivity (Wildman–Crippen MR) is 50.6 cm³/mol. The molecule has 1 aromatic rings. The number of halogens is 1. The van der Waals surface area contributed by atoms with Crippen LogP contribution in [0.4, 0.5) is 4.39 Å². The van der Waals surface area contributed by atoms with Gasteiger partial charge < -0.3 is 14.6 Å². The summed E-state index contributed by atoms with van der Waals surface area (Å²) in [5, 5.41) is 9.18. The van der Waals surface area contributed by atoms with Gasteiger partial charge >= 0.3 is 5.97 Å². The van der Waals surface area contributed by atoms with E-state index in [1.807, 2.05) is 0 Å². The van der Waals surface area contributed by atoms with E-state index in [2.05, 4.69) is 4.74 Å². The Morgan fingerprint density at radius 2 is 2.20 bits per heavy atom. The fourth-order valence-electron chi connectivity index (χ4n) is 1.06. The fourth-order valence-corrected chi connectivity index (χ4v) is 1.06. The molecular formula is C10H11FO4. The lowest BCUT2D eigenvalue weighted by atomic mass is 10.2. The lowest BCUT2D eigenvalue weighted by Gasteiger charge is -2.07. The maximum Gasteiger partial charge on any atom is 0.338 e. The maximum absolute atomic E-state index is 13.1. The van der Waals surface area contributed by atoms with E-state index in [0.717, 1.165) is 6.07 Å². The highest BCUT2D eigenvalue weighted by molar-refractivity contribution is 5.90. The van der Waals surface area contributed by atoms with Crippen molar-refractivity contribution < 1.29 is 23.8 Å². The average Bonchev–Trinajstić information content (AvgIpc) is 2.22. The van der Waals surface area contributed by atoms with Gasteiger partial charge in [0.15, 0.2) is 17.3 Å². The molecule has 0 fully saturated rings. The van der Waals surface area contributed by atoms with Crippen LogP contribution in [0, 0.1) is 5.82 Å². The number of carbonyl (C=O) groups excluding carboxylic acids is 1. The minimum absolute atomic E-state index is 0.00370. The zero-order valence-electron chi connectivity index (χ0n) is 8.41. The number of phenolic OH excluding ortho intramolecular Hbond substituents is 1. The van der Waals surface area contributed by atoms with Gasteiger partial charge in [-0.05, 0) is 19.1 Å². The molecule has 0 spiro atoms. The number of esters is 1. The molecule has 1 N–H and O–H groups in total. The number of ether oxygens (including phenoxy) is 2. The molecule has 4 nitrogen and oxygen atoms in total. The molecule has 0 bridgehead atoms. The molecular weight excluding hydrogens is 203 g/mol. The van der Waals surface area contributed by atoms with Gasteiger partial charge in [0.25, 0.3) is 0 Å². The van der Waals surface area contributed by atoms with E-state index in [1.54, 1.807) is 6.92 Å². The van der Waals surface area contributed by atoms with Gasteiger partial charge in [0.2, 0.25) is 0 Å². The summed E-state index contributed by atoms with van der Waals surface area (Å²) in [7, 11) is 1.27. The molecule has 0 unspecified atom stereocenters. The Kier molecular flexibility index (Phi) is 3.49. The summed E-state index contributed by atoms with van der Waals surface area (Å²) in [6.07, 6.45) is 0. The van der Waals surface area contributed by atoms with Crippen LogP contribution in [0.5, 0.6) is 11.5 Å². The zero-order valence-corrected chi connectivity index (χ0v) is 8.41. The van der Waals surface area contributed by atoms with Crippen LogP contribution in [0.25, 0.3) is 0 Å². The topological polar surface area (TPSA) is 55.8 Å². The number of methoxy groups -OCH3 is 1. The van der Waals surface area contributed by atoms with Crippen LogP contribution < -0.4 is 4.74 Å². The highest BCUT2D eigenvalue weighted by atomic mass is 19.1. The molecule has 82 valence electrons. The first-order valence-electron chi connectivity index (χ1n) is 4.33. The normalized spacial score (nSPS) is 9.80. The highest BCUT2D eigenvalue weighted by Crippen LogP contribution is 2.30. The van der Waals surface area contributed by atoms with E-state index in [0.29, 0.717) is 0 Å². The summed E-state index contributed by atoms with van der Waals surface area (Å²) in [5.74, 6) is -2.30. The molecule has 0 aliphatic heterocycles. The first-order chi connectivity index (χ1) is 7.10. The molecule has 0 heterocycles. The number of hydrogen-bond acceptors (Lipinski definition) is 4. The molecule has 0 aliphatic rings. The van der Waals surface area contributed by atoms with E-state index < -0.39 is 17.5 Å². The lowest BCUT2D eigenvalue weighted by molar-refractivity contribution is 0.0525. The van der Waals surface area contributed by atoms with Crippen LogP contribution in [0.3, 0.4) is 0 Å². The molecule has 1 aromatic carbocycles. The van der Waals surface area contributed by atoms with Crippen LogP contribution in [0.1, 0.15) is 17.3 Å². The van der Waals surface area contributed by atoms with E-state index in [9.17, 15) is 14.3 Å². The number of carbonyl (C=O) groups is 1. The molecule has 0 saturated carbocycles. The SMILES string of the molecule is CCOC(=O)c1cc(F)c(O)c(OC)c1. The average molecular weight is 214 g/mol. The largest absolute Gasteiger partial charge is 0.502 e. The molecule has 0 atom stereocenters. The first-order valence-corrected chi connectivity index (χ1v) is 4.33. The predicted octanol–water partition coefficient (Wildman–Crippen LogP) is 1.72. The Labute approximate surface area is 86.2 Å². The molecule has 0 aliphatic carbocycles. The van der Waals surface area contributed by atoms with Gasteiger partial charge in [-0.25, -0.2) is 9.18 Å². The second-order valence-electron chi connectivity index (χ2n) is 2.73. The number of benzene rings is 1. The molecule has 0 amide bonds. The Morgan fingerprint density at radius 1 is 1.53 bits per heavy atom. The second kappa shape index (κ2) is 4.63. The van der Waals surface area contributed by atoms with Gasteiger partial charge in [-0.3, -0.25) is 0 Å². The molecule has 1 rings (SSSR count). The Balaban J connectivity index is 3.10. The third-order valence-electron chi connectivity index (χ3n) is 1.76. The number of aromatic hydroxyl groups is 1. The number of rotatable bonds is 3. The van der Waals surface area contributed by atoms with Crippen molar-refractivity contribution in [2.24, 2.45) is 0 Å². The summed E-state index contributed by atoms with van der Waals surface area (Å²) in [6, 6.07) is 2.12. The van der Waals surface area contributed by atoms with Crippen molar-refractivity contribution in [2.75, 3.05) is 13.7 Å². The van der Waals surface area contributed by atoms with Gasteiger partial charge in [0.1, 0.15) is 0 Å². The lowest BCUT2D eigenvalue weighted by Crippen LogP contribution is -2.05. The minimum Gasteiger partial charge on any atom is -0.502 e. The van der Waals surface area contributed by atoms with Crippen molar-refractivity contribution in [1.29, 1.82) is 0 Å². The second-order valence-corrected chi connectivity index (χ2v) is 2.73. The van der Waals surface area contributed by atoms with Crippen molar-refractivity contribution in [2.45, 2.75) is 6.92 Å². The summed E-state index contributed by atoms with van der Waals surface area (Å²) in [6.45, 7) is 1.84. The van der Waals surface area contributed by atoms with Crippen LogP contribution in [0.15, 0.2) is 12.1 Å². The monoisotopic (exact) mass is 214 g/mol. The van der Waals surface area contributed by atoms with E-state index in [1.165, 1.54) is 13.2 Å². The van der Waals surface area contributed by atoms with Crippen molar-refractivity contribution in [3.63, 3.8) is 0 Å². The van der Waals surface area contributed by atoms with E-state index >= 15 is 0 Å². The molecule has 0 radical (unpaired) electrons. The molecule has 15 heavy (non-hydrogen) atoms. The van der Waals surface area contributed by atoms with Crippen LogP contribution in [-0.2, 0) is 4.74 Å². The van der Waals surface area contributed by atoms with Crippen molar-refractivity contribution in [3.8, 4) is 11.5 Å². The number of hydrogen-bond donors (Lipinski definition) is 1. The number of phenols is 1. The fraction of sp³-hybridized carbons (Fsp3) is 0.300. The van der Waals surface area contributed by atoms with Gasteiger partial charge in [0, 0.05) is 0 Å². The van der Waals surface area contributed by atoms with Crippen LogP contribution >= 0.6 is 0 Å². The van der Waals surface area contributed by atoms with Crippen molar-refractivity contribution in [3.05, 3.63) is 23.5 Å². The van der Waals surface area contributed by atoms with Crippen LogP contribution in [0.2, 0.25) is 0 Å². The standard InChI is InChI=1S/C10H11FO4/c1-3-15-10(13)6-4-7(11)9(12)8(5-6)14-2/h4-5,12H,3H2,1-2H3. The zero-order chi connectivity index (χ0) is 11.4. The molecule has 0 saturated heterocycles. The van der Waals surface area contributed by atoms with Gasteiger partial charge in [-0.2, -0.15) is 0 Å². The Bertz CT molecular complexity index is 376. The maximum atomic E-state index is 13.1. The summed E-state index contributed by atoms with van der Waals surface area (Å²) >= 11 is 0. The van der Waals surface area contributed by atoms with Gasteiger partial charge in [-0.1, -0.05) is 0 Å². The van der Waals surface area contributed by atoms with Crippen LogP contribution in [-0.4, -0.2) is 24.8 Å².